The van der Waals surface area contributed by atoms with Crippen LogP contribution in [0, 0.1) is 5.92 Å². The number of likely N-dealkylation sites (tertiary alicyclic amines) is 1. The van der Waals surface area contributed by atoms with Crippen molar-refractivity contribution in [2.24, 2.45) is 5.92 Å². The average Bonchev–Trinajstić information content (AvgIpc) is 2.62. The molecule has 3 heteroatoms. The van der Waals surface area contributed by atoms with Crippen LogP contribution in [-0.2, 0) is 16.6 Å². The van der Waals surface area contributed by atoms with Gasteiger partial charge in [-0.15, -0.1) is 0 Å². The monoisotopic (exact) mass is 329 g/mol. The van der Waals surface area contributed by atoms with Crippen LogP contribution in [0.25, 0.3) is 0 Å². The fourth-order valence-electron chi connectivity index (χ4n) is 5.72. The highest BCUT2D eigenvalue weighted by Gasteiger charge is 2.55. The summed E-state index contributed by atoms with van der Waals surface area (Å²) in [4.78, 5) is 2.61. The molecule has 2 aliphatic carbocycles. The van der Waals surface area contributed by atoms with Crippen molar-refractivity contribution < 1.29 is 9.47 Å². The first-order valence-corrected chi connectivity index (χ1v) is 9.67. The number of rotatable bonds is 4. The second-order valence-corrected chi connectivity index (χ2v) is 8.06. The second-order valence-electron chi connectivity index (χ2n) is 8.06. The van der Waals surface area contributed by atoms with E-state index in [1.165, 1.54) is 38.6 Å². The summed E-state index contributed by atoms with van der Waals surface area (Å²) < 4.78 is 11.8. The lowest BCUT2D eigenvalue weighted by Gasteiger charge is -2.59. The third-order valence-corrected chi connectivity index (χ3v) is 6.88. The van der Waals surface area contributed by atoms with E-state index in [0.29, 0.717) is 17.6 Å². The molecule has 1 saturated carbocycles. The van der Waals surface area contributed by atoms with Gasteiger partial charge in [0.1, 0.15) is 5.75 Å². The SMILES string of the molecule is CCCO[C@@H]1CCC2[C@H]3Cc4ccc(OC)cc4[C@@]2(CCN3C)C1. The first-order chi connectivity index (χ1) is 11.7. The molecule has 3 nitrogen and oxygen atoms in total. The summed E-state index contributed by atoms with van der Waals surface area (Å²) in [5, 5.41) is 0. The molecule has 0 amide bonds. The Hall–Kier alpha value is -1.06. The van der Waals surface area contributed by atoms with Crippen LogP contribution in [0.1, 0.15) is 50.2 Å². The maximum Gasteiger partial charge on any atom is 0.119 e. The predicted octanol–water partition coefficient (Wildman–Crippen LogP) is 3.79. The quantitative estimate of drug-likeness (QED) is 0.839. The van der Waals surface area contributed by atoms with Gasteiger partial charge in [0.25, 0.3) is 0 Å². The fourth-order valence-corrected chi connectivity index (χ4v) is 5.72. The maximum absolute atomic E-state index is 6.22. The first kappa shape index (κ1) is 16.4. The Labute approximate surface area is 146 Å². The molecule has 1 aliphatic heterocycles. The predicted molar refractivity (Wildman–Crippen MR) is 96.8 cm³/mol. The first-order valence-electron chi connectivity index (χ1n) is 9.67. The molecular formula is C21H31NO2. The summed E-state index contributed by atoms with van der Waals surface area (Å²) in [6, 6.07) is 7.49. The number of hydrogen-bond acceptors (Lipinski definition) is 3. The Morgan fingerprint density at radius 3 is 2.96 bits per heavy atom. The molecule has 4 atom stereocenters. The van der Waals surface area contributed by atoms with E-state index in [1.807, 2.05) is 0 Å². The normalized spacial score (nSPS) is 35.2. The number of nitrogens with zero attached hydrogens (tertiary/aromatic N) is 1. The van der Waals surface area contributed by atoms with Crippen LogP contribution in [0.2, 0.25) is 0 Å². The number of hydrogen-bond donors (Lipinski definition) is 0. The van der Waals surface area contributed by atoms with Gasteiger partial charge < -0.3 is 14.4 Å². The van der Waals surface area contributed by atoms with Crippen molar-refractivity contribution in [1.29, 1.82) is 0 Å². The molecule has 3 aliphatic rings. The minimum atomic E-state index is 0.302. The highest BCUT2D eigenvalue weighted by molar-refractivity contribution is 5.45. The van der Waals surface area contributed by atoms with E-state index in [0.717, 1.165) is 24.7 Å². The Morgan fingerprint density at radius 2 is 2.17 bits per heavy atom. The summed E-state index contributed by atoms with van der Waals surface area (Å²) in [5.74, 6) is 1.79. The van der Waals surface area contributed by atoms with Gasteiger partial charge in [-0.3, -0.25) is 0 Å². The Balaban J connectivity index is 1.75. The molecule has 0 radical (unpaired) electrons. The molecule has 2 bridgehead atoms. The topological polar surface area (TPSA) is 21.7 Å². The van der Waals surface area contributed by atoms with Crippen molar-refractivity contribution in [1.82, 2.24) is 4.90 Å². The highest BCUT2D eigenvalue weighted by Crippen LogP contribution is 2.56. The zero-order chi connectivity index (χ0) is 16.7. The van der Waals surface area contributed by atoms with Gasteiger partial charge in [-0.05, 0) is 81.3 Å². The van der Waals surface area contributed by atoms with Crippen molar-refractivity contribution in [3.8, 4) is 5.75 Å². The van der Waals surface area contributed by atoms with E-state index in [2.05, 4.69) is 37.1 Å². The molecule has 1 unspecified atom stereocenters. The summed E-state index contributed by atoms with van der Waals surface area (Å²) in [6.07, 6.45) is 7.74. The van der Waals surface area contributed by atoms with E-state index >= 15 is 0 Å². The van der Waals surface area contributed by atoms with Gasteiger partial charge in [-0.2, -0.15) is 0 Å². The molecule has 2 fully saturated rings. The number of piperidine rings is 1. The molecule has 132 valence electrons. The minimum absolute atomic E-state index is 0.302. The Kier molecular flexibility index (Phi) is 4.34. The number of ether oxygens (including phenoxy) is 2. The van der Waals surface area contributed by atoms with E-state index in [9.17, 15) is 0 Å². The van der Waals surface area contributed by atoms with Gasteiger partial charge in [0.2, 0.25) is 0 Å². The van der Waals surface area contributed by atoms with Crippen LogP contribution in [-0.4, -0.2) is 44.4 Å². The van der Waals surface area contributed by atoms with E-state index in [4.69, 9.17) is 9.47 Å². The lowest BCUT2D eigenvalue weighted by atomic mass is 9.52. The zero-order valence-electron chi connectivity index (χ0n) is 15.4. The summed E-state index contributed by atoms with van der Waals surface area (Å²) in [5.41, 5.74) is 3.41. The number of benzene rings is 1. The van der Waals surface area contributed by atoms with Crippen LogP contribution in [0.15, 0.2) is 18.2 Å². The number of likely N-dealkylation sites (N-methyl/N-ethyl adjacent to an activating group) is 1. The smallest absolute Gasteiger partial charge is 0.119 e. The van der Waals surface area contributed by atoms with E-state index < -0.39 is 0 Å². The van der Waals surface area contributed by atoms with Crippen LogP contribution in [0.5, 0.6) is 5.75 Å². The van der Waals surface area contributed by atoms with E-state index in [-0.39, 0.29) is 0 Å². The maximum atomic E-state index is 6.22. The lowest BCUT2D eigenvalue weighted by molar-refractivity contribution is -0.0649. The van der Waals surface area contributed by atoms with Crippen LogP contribution in [0.3, 0.4) is 0 Å². The van der Waals surface area contributed by atoms with Crippen molar-refractivity contribution in [2.75, 3.05) is 27.3 Å². The largest absolute Gasteiger partial charge is 0.497 e. The molecule has 1 saturated heterocycles. The van der Waals surface area contributed by atoms with Crippen LogP contribution in [0.4, 0.5) is 0 Å². The van der Waals surface area contributed by atoms with Crippen molar-refractivity contribution in [3.63, 3.8) is 0 Å². The summed E-state index contributed by atoms with van der Waals surface area (Å²) in [7, 11) is 4.11. The Morgan fingerprint density at radius 1 is 1.29 bits per heavy atom. The van der Waals surface area contributed by atoms with Gasteiger partial charge in [-0.1, -0.05) is 13.0 Å². The fraction of sp³-hybridized carbons (Fsp3) is 0.714. The van der Waals surface area contributed by atoms with Crippen molar-refractivity contribution >= 4 is 0 Å². The molecule has 1 aromatic rings. The van der Waals surface area contributed by atoms with Gasteiger partial charge in [0, 0.05) is 18.1 Å². The number of methoxy groups -OCH3 is 1. The van der Waals surface area contributed by atoms with Gasteiger partial charge >= 0.3 is 0 Å². The Bertz CT molecular complexity index is 602. The standard InChI is InChI=1S/C21H31NO2/c1-4-11-24-17-7-8-18-20-12-15-5-6-16(23-3)13-19(15)21(18,14-17)9-10-22(20)2/h5-6,13,17-18,20H,4,7-12,14H2,1-3H3/t17-,18?,20-,21+/m1/s1. The molecule has 0 N–H and O–H groups in total. The van der Waals surface area contributed by atoms with Crippen LogP contribution < -0.4 is 4.74 Å². The molecule has 24 heavy (non-hydrogen) atoms. The molecule has 4 rings (SSSR count). The van der Waals surface area contributed by atoms with Gasteiger partial charge in [0.05, 0.1) is 13.2 Å². The highest BCUT2D eigenvalue weighted by atomic mass is 16.5. The average molecular weight is 329 g/mol. The molecule has 1 aromatic carbocycles. The number of fused-ring (bicyclic) bond motifs is 1. The summed E-state index contributed by atoms with van der Waals surface area (Å²) >= 11 is 0. The van der Waals surface area contributed by atoms with Crippen LogP contribution >= 0.6 is 0 Å². The third kappa shape index (κ3) is 2.48. The molecule has 0 spiro atoms. The molecular weight excluding hydrogens is 298 g/mol. The van der Waals surface area contributed by atoms with E-state index in [1.54, 1.807) is 18.2 Å². The summed E-state index contributed by atoms with van der Waals surface area (Å²) in [6.45, 7) is 4.31. The molecule has 1 heterocycles. The lowest BCUT2D eigenvalue weighted by Crippen LogP contribution is -2.61. The van der Waals surface area contributed by atoms with Gasteiger partial charge in [-0.25, -0.2) is 0 Å². The zero-order valence-corrected chi connectivity index (χ0v) is 15.4. The minimum Gasteiger partial charge on any atom is -0.497 e. The molecule has 0 aromatic heterocycles. The van der Waals surface area contributed by atoms with Gasteiger partial charge in [0.15, 0.2) is 0 Å². The van der Waals surface area contributed by atoms with Crippen molar-refractivity contribution in [3.05, 3.63) is 29.3 Å². The third-order valence-electron chi connectivity index (χ3n) is 6.88. The second kappa shape index (κ2) is 6.34. The van der Waals surface area contributed by atoms with Crippen molar-refractivity contribution in [2.45, 2.75) is 63.0 Å².